The van der Waals surface area contributed by atoms with E-state index in [9.17, 15) is 34.7 Å². The lowest BCUT2D eigenvalue weighted by Gasteiger charge is -2.52. The van der Waals surface area contributed by atoms with E-state index in [0.717, 1.165) is 11.1 Å². The maximum absolute atomic E-state index is 14.7. The van der Waals surface area contributed by atoms with E-state index in [1.165, 1.54) is 21.1 Å². The third kappa shape index (κ3) is 14.1. The minimum Gasteiger partial charge on any atom is -0.448 e. The summed E-state index contributed by atoms with van der Waals surface area (Å²) in [5.74, 6) is -3.87. The molecule has 6 N–H and O–H groups in total. The Morgan fingerprint density at radius 2 is 1.58 bits per heavy atom. The fourth-order valence-corrected chi connectivity index (χ4v) is 12.0. The zero-order valence-corrected chi connectivity index (χ0v) is 47.4. The Morgan fingerprint density at radius 1 is 0.945 bits per heavy atom. The van der Waals surface area contributed by atoms with Crippen molar-refractivity contribution in [3.63, 3.8) is 0 Å². The van der Waals surface area contributed by atoms with E-state index in [1.54, 1.807) is 47.3 Å². The summed E-state index contributed by atoms with van der Waals surface area (Å²) in [5.41, 5.74) is -1.54. The maximum atomic E-state index is 14.7. The SMILES string of the molecule is CNc1ncc(-c2ccc([C@@H](OC)[C@@H](CF)NC(=O)CCN(C)[C@@H]3C[C@H](O[C@@H]4[C@@H](C)C([C@H]5C[C@@](C)(OC)[C@@H](O)[C@H](C)O5)[C@@H](C)C(=O)O[C@H](I)[C@@](C)(O)[C@H](O)[C@@H](C)C(=N)[C@H](C)C[C@@]4(C)OC)O[C@H](C)C3)cc2)cn1. The lowest BCUT2D eigenvalue weighted by molar-refractivity contribution is -0.278. The number of halogens is 2. The molecule has 3 aliphatic heterocycles. The van der Waals surface area contributed by atoms with Gasteiger partial charge < -0.3 is 69.4 Å². The Morgan fingerprint density at radius 3 is 2.15 bits per heavy atom. The van der Waals surface area contributed by atoms with Crippen molar-refractivity contribution in [2.45, 2.75) is 176 Å². The molecule has 1 unspecified atom stereocenters. The molecule has 3 saturated heterocycles. The highest BCUT2D eigenvalue weighted by Gasteiger charge is 2.55. The Kier molecular flexibility index (Phi) is 21.6. The molecule has 0 aliphatic carbocycles. The largest absolute Gasteiger partial charge is 0.448 e. The number of hydrogen-bond acceptors (Lipinski definition) is 17. The average molecular weight is 1140 g/mol. The third-order valence-electron chi connectivity index (χ3n) is 16.2. The van der Waals surface area contributed by atoms with Crippen LogP contribution in [0.1, 0.15) is 106 Å². The number of methoxy groups -OCH3 is 3. The van der Waals surface area contributed by atoms with E-state index in [2.05, 4.69) is 25.5 Å². The number of anilines is 1. The van der Waals surface area contributed by atoms with Gasteiger partial charge in [0.1, 0.15) is 24.5 Å². The molecule has 412 valence electrons. The van der Waals surface area contributed by atoms with Crippen LogP contribution in [0.25, 0.3) is 11.1 Å². The molecule has 2 aromatic rings. The zero-order chi connectivity index (χ0) is 54.3. The smallest absolute Gasteiger partial charge is 0.310 e. The molecule has 18 nitrogen and oxygen atoms in total. The predicted molar refractivity (Wildman–Crippen MR) is 283 cm³/mol. The van der Waals surface area contributed by atoms with E-state index in [1.807, 2.05) is 88.5 Å². The summed E-state index contributed by atoms with van der Waals surface area (Å²) in [5, 5.41) is 49.7. The van der Waals surface area contributed by atoms with Crippen molar-refractivity contribution >= 4 is 46.1 Å². The first-order chi connectivity index (χ1) is 34.3. The second-order valence-electron chi connectivity index (χ2n) is 21.5. The molecule has 19 atom stereocenters. The number of esters is 1. The molecular formula is C53H84FIN6O12. The van der Waals surface area contributed by atoms with Gasteiger partial charge in [-0.3, -0.25) is 9.59 Å². The van der Waals surface area contributed by atoms with Gasteiger partial charge in [0.25, 0.3) is 0 Å². The molecule has 1 aromatic heterocycles. The molecule has 3 fully saturated rings. The molecular weight excluding hydrogens is 1060 g/mol. The van der Waals surface area contributed by atoms with Crippen LogP contribution in [0.2, 0.25) is 0 Å². The van der Waals surface area contributed by atoms with Crippen molar-refractivity contribution in [3.8, 4) is 11.1 Å². The summed E-state index contributed by atoms with van der Waals surface area (Å²) in [4.78, 5) is 38.7. The highest BCUT2D eigenvalue weighted by Crippen LogP contribution is 2.46. The van der Waals surface area contributed by atoms with Crippen molar-refractivity contribution < 1.29 is 62.5 Å². The minimum atomic E-state index is -1.92. The van der Waals surface area contributed by atoms with Gasteiger partial charge in [-0.2, -0.15) is 0 Å². The van der Waals surface area contributed by atoms with Crippen molar-refractivity contribution in [1.29, 1.82) is 5.41 Å². The third-order valence-corrected chi connectivity index (χ3v) is 17.7. The number of carbonyl (C=O) groups excluding carboxylic acids is 2. The fourth-order valence-electron chi connectivity index (χ4n) is 11.4. The first-order valence-electron chi connectivity index (χ1n) is 25.6. The molecule has 0 radical (unpaired) electrons. The summed E-state index contributed by atoms with van der Waals surface area (Å²) in [6.07, 6.45) is -1.40. The summed E-state index contributed by atoms with van der Waals surface area (Å²) in [7, 11) is 8.29. The van der Waals surface area contributed by atoms with E-state index < -0.39 is 112 Å². The van der Waals surface area contributed by atoms with Crippen LogP contribution >= 0.6 is 22.6 Å². The average Bonchev–Trinajstić information content (AvgIpc) is 3.37. The van der Waals surface area contributed by atoms with Gasteiger partial charge in [-0.1, -0.05) is 52.0 Å². The first-order valence-corrected chi connectivity index (χ1v) is 26.8. The standard InChI is InChI=1S/C53H84FIN6O12/c1-28-23-52(8,69-14)47(30(3)42(39-24-51(7,68-13)46(64)33(6)71-39)31(4)48(65)73-49(55)53(9,66)45(63)32(5)43(28)56)72-41-22-37(21-29(2)70-41)61(11)20-19-40(62)60-38(25-54)44(67-12)35-17-15-34(16-18-35)36-26-58-50(57-10)59-27-36/h15-18,26-33,37-39,41-42,44-47,49,56,63-64,66H,19-25H2,1-14H3,(H,60,62)(H,57,58,59)/t28-,29-,30+,31-,32+,33+,37+,38-,39-,41+,42?,44-,45-,46+,47-,49+,51-,52-,53+/m1/s1. The van der Waals surface area contributed by atoms with Crippen LogP contribution in [-0.2, 0) is 42.7 Å². The van der Waals surface area contributed by atoms with Gasteiger partial charge in [-0.25, -0.2) is 14.4 Å². The first kappa shape index (κ1) is 60.8. The number of ether oxygens (including phenoxy) is 7. The van der Waals surface area contributed by atoms with Gasteiger partial charge in [0.05, 0.1) is 53.7 Å². The zero-order valence-electron chi connectivity index (χ0n) is 45.3. The topological polar surface area (TPSA) is 236 Å². The molecule has 0 spiro atoms. The number of aromatic nitrogens is 2. The minimum absolute atomic E-state index is 0.0820. The van der Waals surface area contributed by atoms with Gasteiger partial charge >= 0.3 is 5.97 Å². The Labute approximate surface area is 445 Å². The summed E-state index contributed by atoms with van der Waals surface area (Å²) in [6.45, 7) is 15.7. The van der Waals surface area contributed by atoms with Gasteiger partial charge in [0, 0.05) is 95.7 Å². The number of amides is 1. The van der Waals surface area contributed by atoms with Crippen LogP contribution in [0.5, 0.6) is 0 Å². The van der Waals surface area contributed by atoms with Crippen LogP contribution in [-0.4, -0.2) is 172 Å². The van der Waals surface area contributed by atoms with Crippen molar-refractivity contribution in [1.82, 2.24) is 20.2 Å². The molecule has 3 aliphatic rings. The van der Waals surface area contributed by atoms with E-state index >= 15 is 0 Å². The van der Waals surface area contributed by atoms with Gasteiger partial charge in [0.2, 0.25) is 11.9 Å². The van der Waals surface area contributed by atoms with E-state index in [-0.39, 0.29) is 43.0 Å². The number of hydrogen-bond donors (Lipinski definition) is 6. The number of cyclic esters (lactones) is 1. The summed E-state index contributed by atoms with van der Waals surface area (Å²) < 4.78 is 58.2. The molecule has 1 amide bonds. The summed E-state index contributed by atoms with van der Waals surface area (Å²) in [6, 6.07) is 6.40. The van der Waals surface area contributed by atoms with Gasteiger partial charge in [0.15, 0.2) is 10.4 Å². The number of benzene rings is 1. The van der Waals surface area contributed by atoms with Crippen LogP contribution in [0.15, 0.2) is 36.7 Å². The second-order valence-corrected chi connectivity index (χ2v) is 22.6. The maximum Gasteiger partial charge on any atom is 0.310 e. The lowest BCUT2D eigenvalue weighted by atomic mass is 9.68. The number of aliphatic hydroxyl groups excluding tert-OH is 2. The van der Waals surface area contributed by atoms with Crippen LogP contribution in [0.3, 0.4) is 0 Å². The molecule has 1 aromatic carbocycles. The number of nitrogens with one attached hydrogen (secondary N) is 3. The normalized spacial score (nSPS) is 38.0. The van der Waals surface area contributed by atoms with Crippen LogP contribution in [0.4, 0.5) is 10.3 Å². The van der Waals surface area contributed by atoms with Gasteiger partial charge in [-0.15, -0.1) is 0 Å². The Hall–Kier alpha value is -3.03. The lowest BCUT2D eigenvalue weighted by Crippen LogP contribution is -2.61. The number of nitrogens with zero attached hydrogens (tertiary/aromatic N) is 3. The summed E-state index contributed by atoms with van der Waals surface area (Å²) >= 11 is 1.83. The van der Waals surface area contributed by atoms with Crippen molar-refractivity contribution in [2.24, 2.45) is 29.6 Å². The molecule has 5 rings (SSSR count). The Balaban J connectivity index is 1.39. The number of rotatable bonds is 16. The van der Waals surface area contributed by atoms with Crippen LogP contribution in [0, 0.1) is 35.0 Å². The number of aliphatic hydroxyl groups is 3. The second kappa shape index (κ2) is 25.9. The van der Waals surface area contributed by atoms with E-state index in [0.29, 0.717) is 30.9 Å². The fraction of sp³-hybridized carbons (Fsp3) is 0.755. The Bertz CT molecular complexity index is 2120. The molecule has 20 heteroatoms. The predicted octanol–water partition coefficient (Wildman–Crippen LogP) is 6.28. The highest BCUT2D eigenvalue weighted by atomic mass is 127. The van der Waals surface area contributed by atoms with Crippen molar-refractivity contribution in [3.05, 3.63) is 42.2 Å². The van der Waals surface area contributed by atoms with E-state index in [4.69, 9.17) is 33.2 Å². The quantitative estimate of drug-likeness (QED) is 0.0617. The molecule has 73 heavy (non-hydrogen) atoms. The number of alkyl halides is 2. The molecule has 0 bridgehead atoms. The number of carbonyl (C=O) groups is 2. The molecule has 4 heterocycles. The van der Waals surface area contributed by atoms with Crippen LogP contribution < -0.4 is 10.6 Å². The molecule has 0 saturated carbocycles. The van der Waals surface area contributed by atoms with Crippen molar-refractivity contribution in [2.75, 3.05) is 54.0 Å². The monoisotopic (exact) mass is 1140 g/mol. The highest BCUT2D eigenvalue weighted by molar-refractivity contribution is 14.1. The van der Waals surface area contributed by atoms with Gasteiger partial charge in [-0.05, 0) is 100 Å².